The van der Waals surface area contributed by atoms with Crippen molar-refractivity contribution in [2.75, 3.05) is 37.6 Å². The van der Waals surface area contributed by atoms with Gasteiger partial charge in [-0.2, -0.15) is 4.98 Å². The first-order chi connectivity index (χ1) is 13.8. The third kappa shape index (κ3) is 3.35. The average molecular weight is 378 g/mol. The Balaban J connectivity index is 1.43. The first kappa shape index (κ1) is 17.6. The number of hydrogen-bond donors (Lipinski definition) is 0. The number of rotatable bonds is 6. The molecule has 0 unspecified atom stereocenters. The van der Waals surface area contributed by atoms with Crippen LogP contribution in [0.2, 0.25) is 0 Å². The molecule has 0 N–H and O–H groups in total. The lowest BCUT2D eigenvalue weighted by molar-refractivity contribution is 0.254. The fourth-order valence-corrected chi connectivity index (χ4v) is 3.88. The van der Waals surface area contributed by atoms with Gasteiger partial charge in [0, 0.05) is 42.9 Å². The number of nitrogens with zero attached hydrogens (tertiary/aromatic N) is 6. The molecule has 0 amide bonds. The van der Waals surface area contributed by atoms with Crippen molar-refractivity contribution in [1.29, 1.82) is 0 Å². The summed E-state index contributed by atoms with van der Waals surface area (Å²) >= 11 is 0. The number of hydrogen-bond acceptors (Lipinski definition) is 7. The Morgan fingerprint density at radius 1 is 1.04 bits per heavy atom. The van der Waals surface area contributed by atoms with E-state index >= 15 is 0 Å². The van der Waals surface area contributed by atoms with Gasteiger partial charge in [0.1, 0.15) is 0 Å². The zero-order valence-corrected chi connectivity index (χ0v) is 16.3. The third-order valence-electron chi connectivity index (χ3n) is 5.75. The van der Waals surface area contributed by atoms with Crippen molar-refractivity contribution in [1.82, 2.24) is 25.2 Å². The number of aromatic nitrogens is 4. The van der Waals surface area contributed by atoms with E-state index in [9.17, 15) is 0 Å². The molecular weight excluding hydrogens is 352 g/mol. The summed E-state index contributed by atoms with van der Waals surface area (Å²) in [6.07, 6.45) is 4.81. The molecule has 1 aliphatic carbocycles. The lowest BCUT2D eigenvalue weighted by Gasteiger charge is -2.35. The second-order valence-corrected chi connectivity index (χ2v) is 7.83. The van der Waals surface area contributed by atoms with E-state index in [1.165, 1.54) is 19.4 Å². The third-order valence-corrected chi connectivity index (χ3v) is 5.75. The van der Waals surface area contributed by atoms with E-state index in [-0.39, 0.29) is 0 Å². The number of fused-ring (bicyclic) bond motifs is 1. The summed E-state index contributed by atoms with van der Waals surface area (Å²) < 4.78 is 5.51. The fraction of sp³-hybridized carbons (Fsp3) is 0.524. The molecule has 2 aromatic heterocycles. The second-order valence-electron chi connectivity index (χ2n) is 7.83. The van der Waals surface area contributed by atoms with Crippen molar-refractivity contribution in [2.24, 2.45) is 0 Å². The van der Waals surface area contributed by atoms with Crippen LogP contribution in [0.1, 0.15) is 44.3 Å². The highest BCUT2D eigenvalue weighted by atomic mass is 16.5. The van der Waals surface area contributed by atoms with Gasteiger partial charge in [-0.05, 0) is 25.8 Å². The maximum atomic E-state index is 5.51. The normalized spacial score (nSPS) is 18.1. The summed E-state index contributed by atoms with van der Waals surface area (Å²) in [5, 5.41) is 15.4. The van der Waals surface area contributed by atoms with E-state index in [4.69, 9.17) is 4.52 Å². The first-order valence-electron chi connectivity index (χ1n) is 10.4. The van der Waals surface area contributed by atoms with Crippen LogP contribution in [-0.2, 0) is 0 Å². The molecule has 3 aromatic rings. The van der Waals surface area contributed by atoms with Crippen molar-refractivity contribution >= 4 is 16.6 Å². The van der Waals surface area contributed by atoms with Crippen LogP contribution in [0.5, 0.6) is 0 Å². The molecule has 2 aliphatic rings. The standard InChI is InChI=1S/C21H26N6O/c1-2-3-10-26-11-13-27(14-12-26)20-17-7-5-4-6-16(17)18(23-24-20)21-22-19(25-28-21)15-8-9-15/h4-7,15H,2-3,8-14H2,1H3. The van der Waals surface area contributed by atoms with Crippen molar-refractivity contribution in [3.05, 3.63) is 30.1 Å². The Hall–Kier alpha value is -2.54. The van der Waals surface area contributed by atoms with Gasteiger partial charge in [-0.1, -0.05) is 42.8 Å². The van der Waals surface area contributed by atoms with Crippen molar-refractivity contribution < 1.29 is 4.52 Å². The Bertz CT molecular complexity index is 958. The van der Waals surface area contributed by atoms with Gasteiger partial charge < -0.3 is 9.42 Å². The van der Waals surface area contributed by atoms with Crippen LogP contribution in [0.15, 0.2) is 28.8 Å². The summed E-state index contributed by atoms with van der Waals surface area (Å²) in [5.41, 5.74) is 0.681. The summed E-state index contributed by atoms with van der Waals surface area (Å²) in [6, 6.07) is 8.27. The summed E-state index contributed by atoms with van der Waals surface area (Å²) in [4.78, 5) is 9.47. The van der Waals surface area contributed by atoms with Crippen LogP contribution in [0, 0.1) is 0 Å². The second kappa shape index (κ2) is 7.47. The quantitative estimate of drug-likeness (QED) is 0.650. The van der Waals surface area contributed by atoms with E-state index in [0.717, 1.165) is 61.4 Å². The van der Waals surface area contributed by atoms with Gasteiger partial charge in [-0.3, -0.25) is 4.90 Å². The molecule has 28 heavy (non-hydrogen) atoms. The lowest BCUT2D eigenvalue weighted by atomic mass is 10.1. The molecule has 5 rings (SSSR count). The van der Waals surface area contributed by atoms with Crippen LogP contribution in [-0.4, -0.2) is 58.0 Å². The smallest absolute Gasteiger partial charge is 0.279 e. The Morgan fingerprint density at radius 3 is 2.57 bits per heavy atom. The highest BCUT2D eigenvalue weighted by Gasteiger charge is 2.30. The van der Waals surface area contributed by atoms with E-state index in [2.05, 4.69) is 55.3 Å². The number of unbranched alkanes of at least 4 members (excludes halogenated alkanes) is 1. The SMILES string of the molecule is CCCCN1CCN(c2nnc(-c3nc(C4CC4)no3)c3ccccc23)CC1. The predicted molar refractivity (Wildman–Crippen MR) is 108 cm³/mol. The van der Waals surface area contributed by atoms with Crippen molar-refractivity contribution in [2.45, 2.75) is 38.5 Å². The van der Waals surface area contributed by atoms with Crippen molar-refractivity contribution in [3.63, 3.8) is 0 Å². The molecule has 7 nitrogen and oxygen atoms in total. The molecule has 0 spiro atoms. The molecule has 3 heterocycles. The van der Waals surface area contributed by atoms with Gasteiger partial charge in [0.25, 0.3) is 5.89 Å². The molecule has 0 radical (unpaired) electrons. The molecule has 0 atom stereocenters. The zero-order valence-electron chi connectivity index (χ0n) is 16.3. The van der Waals surface area contributed by atoms with Gasteiger partial charge >= 0.3 is 0 Å². The number of piperazine rings is 1. The molecule has 7 heteroatoms. The lowest BCUT2D eigenvalue weighted by Crippen LogP contribution is -2.47. The topological polar surface area (TPSA) is 71.2 Å². The zero-order chi connectivity index (χ0) is 18.9. The Kier molecular flexibility index (Phi) is 4.68. The molecule has 1 aliphatic heterocycles. The molecule has 1 saturated carbocycles. The van der Waals surface area contributed by atoms with E-state index < -0.39 is 0 Å². The Morgan fingerprint density at radius 2 is 1.82 bits per heavy atom. The first-order valence-corrected chi connectivity index (χ1v) is 10.4. The van der Waals surface area contributed by atoms with Crippen molar-refractivity contribution in [3.8, 4) is 11.6 Å². The highest BCUT2D eigenvalue weighted by molar-refractivity contribution is 5.99. The molecule has 1 saturated heterocycles. The Labute approximate surface area is 164 Å². The van der Waals surface area contributed by atoms with Gasteiger partial charge in [0.05, 0.1) is 0 Å². The van der Waals surface area contributed by atoms with Gasteiger partial charge in [0.15, 0.2) is 17.3 Å². The molecule has 1 aromatic carbocycles. The largest absolute Gasteiger partial charge is 0.352 e. The van der Waals surface area contributed by atoms with E-state index in [1.54, 1.807) is 0 Å². The molecular formula is C21H26N6O. The van der Waals surface area contributed by atoms with Gasteiger partial charge in [0.2, 0.25) is 0 Å². The van der Waals surface area contributed by atoms with Gasteiger partial charge in [-0.15, -0.1) is 10.2 Å². The van der Waals surface area contributed by atoms with Crippen LogP contribution in [0.3, 0.4) is 0 Å². The molecule has 0 bridgehead atoms. The minimum atomic E-state index is 0.458. The summed E-state index contributed by atoms with van der Waals surface area (Å²) in [7, 11) is 0. The monoisotopic (exact) mass is 378 g/mol. The summed E-state index contributed by atoms with van der Waals surface area (Å²) in [5.74, 6) is 2.69. The number of anilines is 1. The minimum absolute atomic E-state index is 0.458. The van der Waals surface area contributed by atoms with Crippen LogP contribution in [0.4, 0.5) is 5.82 Å². The maximum absolute atomic E-state index is 5.51. The fourth-order valence-electron chi connectivity index (χ4n) is 3.88. The number of benzene rings is 1. The minimum Gasteiger partial charge on any atom is -0.352 e. The molecule has 146 valence electrons. The maximum Gasteiger partial charge on any atom is 0.279 e. The van der Waals surface area contributed by atoms with E-state index in [1.807, 2.05) is 6.07 Å². The van der Waals surface area contributed by atoms with Crippen LogP contribution < -0.4 is 4.90 Å². The van der Waals surface area contributed by atoms with Crippen LogP contribution >= 0.6 is 0 Å². The van der Waals surface area contributed by atoms with E-state index in [0.29, 0.717) is 17.5 Å². The molecule has 2 fully saturated rings. The van der Waals surface area contributed by atoms with Gasteiger partial charge in [-0.25, -0.2) is 0 Å². The summed E-state index contributed by atoms with van der Waals surface area (Å²) in [6.45, 7) is 7.55. The predicted octanol–water partition coefficient (Wildman–Crippen LogP) is 3.48. The average Bonchev–Trinajstić information content (AvgIpc) is 3.49. The highest BCUT2D eigenvalue weighted by Crippen LogP contribution is 2.39. The van der Waals surface area contributed by atoms with Crippen LogP contribution in [0.25, 0.3) is 22.4 Å².